The predicted molar refractivity (Wildman–Crippen MR) is 122 cm³/mol. The Hall–Kier alpha value is -3.80. The molecule has 0 saturated heterocycles. The lowest BCUT2D eigenvalue weighted by Crippen LogP contribution is -2.39. The molecule has 1 atom stereocenters. The van der Waals surface area contributed by atoms with Gasteiger partial charge >= 0.3 is 5.97 Å². The van der Waals surface area contributed by atoms with E-state index in [9.17, 15) is 14.7 Å². The summed E-state index contributed by atoms with van der Waals surface area (Å²) in [5.74, 6) is 0.148. The molecule has 4 rings (SSSR count). The third-order valence-corrected chi connectivity index (χ3v) is 6.05. The van der Waals surface area contributed by atoms with Crippen molar-refractivity contribution in [1.29, 1.82) is 0 Å². The van der Waals surface area contributed by atoms with E-state index >= 15 is 0 Å². The van der Waals surface area contributed by atoms with E-state index in [4.69, 9.17) is 9.47 Å². The second-order valence-corrected chi connectivity index (χ2v) is 7.73. The van der Waals surface area contributed by atoms with Crippen LogP contribution in [0.3, 0.4) is 0 Å². The quantitative estimate of drug-likeness (QED) is 0.626. The van der Waals surface area contributed by atoms with Gasteiger partial charge in [0.25, 0.3) is 5.91 Å². The molecule has 0 fully saturated rings. The molecule has 32 heavy (non-hydrogen) atoms. The molecule has 1 N–H and O–H groups in total. The highest BCUT2D eigenvalue weighted by atomic mass is 16.5. The normalized spacial score (nSPS) is 15.1. The summed E-state index contributed by atoms with van der Waals surface area (Å²) < 4.78 is 10.9. The molecular weight excluding hydrogens is 406 g/mol. The van der Waals surface area contributed by atoms with E-state index in [0.717, 1.165) is 11.1 Å². The molecule has 0 spiro atoms. The molecule has 3 aromatic rings. The number of ether oxygens (including phenoxy) is 2. The number of hydrogen-bond donors (Lipinski definition) is 1. The zero-order chi connectivity index (χ0) is 22.8. The third-order valence-electron chi connectivity index (χ3n) is 6.05. The molecular formula is C26H25NO5. The largest absolute Gasteiger partial charge is 0.493 e. The lowest BCUT2D eigenvalue weighted by atomic mass is 9.90. The van der Waals surface area contributed by atoms with Crippen LogP contribution in [0.25, 0.3) is 11.1 Å². The van der Waals surface area contributed by atoms with E-state index in [1.54, 1.807) is 56.7 Å². The number of carboxylic acids is 1. The van der Waals surface area contributed by atoms with Gasteiger partial charge in [-0.05, 0) is 59.9 Å². The smallest absolute Gasteiger partial charge is 0.336 e. The molecule has 0 aliphatic carbocycles. The number of benzene rings is 3. The highest BCUT2D eigenvalue weighted by Crippen LogP contribution is 2.39. The monoisotopic (exact) mass is 431 g/mol. The molecule has 1 amide bonds. The summed E-state index contributed by atoms with van der Waals surface area (Å²) in [4.78, 5) is 27.3. The number of methoxy groups -OCH3 is 2. The average molecular weight is 431 g/mol. The number of hydrogen-bond acceptors (Lipinski definition) is 4. The SMILES string of the molecule is COc1cc2c(cc1OC)[C@@H](C)N(C(=O)c1ccccc1-c1ccccc1C(=O)O)CC2. The van der Waals surface area contributed by atoms with Gasteiger partial charge in [-0.15, -0.1) is 0 Å². The standard InChI is InChI=1S/C26H25NO5/c1-16-22-15-24(32-3)23(31-2)14-17(22)12-13-27(16)25(28)20-10-6-4-8-18(20)19-9-5-7-11-21(19)26(29)30/h4-11,14-16H,12-13H2,1-3H3,(H,29,30)/t16-/m1/s1. The number of rotatable bonds is 5. The second-order valence-electron chi connectivity index (χ2n) is 7.73. The minimum Gasteiger partial charge on any atom is -0.493 e. The summed E-state index contributed by atoms with van der Waals surface area (Å²) in [6.07, 6.45) is 0.694. The van der Waals surface area contributed by atoms with E-state index in [0.29, 0.717) is 41.2 Å². The van der Waals surface area contributed by atoms with E-state index in [2.05, 4.69) is 0 Å². The molecule has 1 aliphatic heterocycles. The minimum absolute atomic E-state index is 0.131. The lowest BCUT2D eigenvalue weighted by Gasteiger charge is -2.36. The van der Waals surface area contributed by atoms with Crippen LogP contribution in [0.5, 0.6) is 11.5 Å². The number of carboxylic acid groups (broad SMARTS) is 1. The van der Waals surface area contributed by atoms with Gasteiger partial charge in [0.2, 0.25) is 0 Å². The Balaban J connectivity index is 1.74. The second kappa shape index (κ2) is 8.75. The zero-order valence-corrected chi connectivity index (χ0v) is 18.3. The first-order chi connectivity index (χ1) is 15.5. The first kappa shape index (κ1) is 21.4. The van der Waals surface area contributed by atoms with Gasteiger partial charge < -0.3 is 19.5 Å². The Kier molecular flexibility index (Phi) is 5.86. The molecule has 6 heteroatoms. The fourth-order valence-corrected chi connectivity index (χ4v) is 4.39. The van der Waals surface area contributed by atoms with Crippen LogP contribution in [0.2, 0.25) is 0 Å². The number of amides is 1. The molecule has 6 nitrogen and oxygen atoms in total. The topological polar surface area (TPSA) is 76.1 Å². The number of carbonyl (C=O) groups excluding carboxylic acids is 1. The van der Waals surface area contributed by atoms with Crippen molar-refractivity contribution in [3.63, 3.8) is 0 Å². The lowest BCUT2D eigenvalue weighted by molar-refractivity contribution is 0.0672. The van der Waals surface area contributed by atoms with Crippen LogP contribution in [-0.4, -0.2) is 42.6 Å². The number of carbonyl (C=O) groups is 2. The van der Waals surface area contributed by atoms with Crippen molar-refractivity contribution in [3.8, 4) is 22.6 Å². The van der Waals surface area contributed by atoms with Gasteiger partial charge in [-0.1, -0.05) is 36.4 Å². The maximum atomic E-state index is 13.7. The molecule has 3 aromatic carbocycles. The van der Waals surface area contributed by atoms with Gasteiger partial charge in [0.05, 0.1) is 25.8 Å². The molecule has 1 aliphatic rings. The van der Waals surface area contributed by atoms with Crippen molar-refractivity contribution in [2.45, 2.75) is 19.4 Å². The maximum Gasteiger partial charge on any atom is 0.336 e. The van der Waals surface area contributed by atoms with E-state index < -0.39 is 5.97 Å². The summed E-state index contributed by atoms with van der Waals surface area (Å²) >= 11 is 0. The Labute approximate surface area is 187 Å². The summed E-state index contributed by atoms with van der Waals surface area (Å²) in [5, 5.41) is 9.63. The van der Waals surface area contributed by atoms with Crippen molar-refractivity contribution in [3.05, 3.63) is 82.9 Å². The van der Waals surface area contributed by atoms with E-state index in [1.165, 1.54) is 0 Å². The summed E-state index contributed by atoms with van der Waals surface area (Å²) in [6.45, 7) is 2.55. The zero-order valence-electron chi connectivity index (χ0n) is 18.3. The van der Waals surface area contributed by atoms with Gasteiger partial charge in [-0.25, -0.2) is 4.79 Å². The molecule has 0 bridgehead atoms. The van der Waals surface area contributed by atoms with Gasteiger partial charge in [0.1, 0.15) is 0 Å². The first-order valence-electron chi connectivity index (χ1n) is 10.4. The summed E-state index contributed by atoms with van der Waals surface area (Å²) in [6, 6.07) is 17.7. The minimum atomic E-state index is -1.02. The number of nitrogens with zero attached hydrogens (tertiary/aromatic N) is 1. The van der Waals surface area contributed by atoms with Crippen LogP contribution in [-0.2, 0) is 6.42 Å². The molecule has 0 aromatic heterocycles. The summed E-state index contributed by atoms with van der Waals surface area (Å²) in [5.41, 5.74) is 3.94. The predicted octanol–water partition coefficient (Wildman–Crippen LogP) is 4.83. The van der Waals surface area contributed by atoms with E-state index in [1.807, 2.05) is 30.0 Å². The van der Waals surface area contributed by atoms with Crippen LogP contribution < -0.4 is 9.47 Å². The Bertz CT molecular complexity index is 1190. The van der Waals surface area contributed by atoms with Crippen LogP contribution in [0.4, 0.5) is 0 Å². The number of aromatic carboxylic acids is 1. The van der Waals surface area contributed by atoms with Crippen molar-refractivity contribution < 1.29 is 24.2 Å². The van der Waals surface area contributed by atoms with Crippen LogP contribution in [0.1, 0.15) is 44.8 Å². The van der Waals surface area contributed by atoms with Gasteiger partial charge in [0.15, 0.2) is 11.5 Å². The van der Waals surface area contributed by atoms with E-state index in [-0.39, 0.29) is 17.5 Å². The van der Waals surface area contributed by atoms with Crippen molar-refractivity contribution in [2.24, 2.45) is 0 Å². The third kappa shape index (κ3) is 3.68. The Morgan fingerprint density at radius 1 is 0.906 bits per heavy atom. The van der Waals surface area contributed by atoms with Gasteiger partial charge in [-0.2, -0.15) is 0 Å². The molecule has 0 saturated carbocycles. The molecule has 0 radical (unpaired) electrons. The Morgan fingerprint density at radius 2 is 1.47 bits per heavy atom. The fourth-order valence-electron chi connectivity index (χ4n) is 4.39. The van der Waals surface area contributed by atoms with Gasteiger partial charge in [0, 0.05) is 12.1 Å². The highest BCUT2D eigenvalue weighted by molar-refractivity contribution is 6.04. The molecule has 164 valence electrons. The van der Waals surface area contributed by atoms with Crippen LogP contribution in [0, 0.1) is 0 Å². The average Bonchev–Trinajstić information content (AvgIpc) is 2.83. The maximum absolute atomic E-state index is 13.7. The summed E-state index contributed by atoms with van der Waals surface area (Å²) in [7, 11) is 3.20. The highest BCUT2D eigenvalue weighted by Gasteiger charge is 2.31. The van der Waals surface area contributed by atoms with Crippen molar-refractivity contribution in [2.75, 3.05) is 20.8 Å². The molecule has 0 unspecified atom stereocenters. The van der Waals surface area contributed by atoms with Crippen molar-refractivity contribution >= 4 is 11.9 Å². The van der Waals surface area contributed by atoms with Crippen molar-refractivity contribution in [1.82, 2.24) is 4.90 Å². The van der Waals surface area contributed by atoms with Crippen LogP contribution >= 0.6 is 0 Å². The molecule has 1 heterocycles. The first-order valence-corrected chi connectivity index (χ1v) is 10.4. The van der Waals surface area contributed by atoms with Crippen LogP contribution in [0.15, 0.2) is 60.7 Å². The van der Waals surface area contributed by atoms with Gasteiger partial charge in [-0.3, -0.25) is 4.79 Å². The number of fused-ring (bicyclic) bond motifs is 1. The fraction of sp³-hybridized carbons (Fsp3) is 0.231. The Morgan fingerprint density at radius 3 is 2.09 bits per heavy atom.